The number of benzene rings is 1. The fourth-order valence-corrected chi connectivity index (χ4v) is 2.22. The van der Waals surface area contributed by atoms with Gasteiger partial charge in [-0.15, -0.1) is 0 Å². The van der Waals surface area contributed by atoms with Crippen LogP contribution in [0.1, 0.15) is 32.0 Å². The van der Waals surface area contributed by atoms with E-state index in [2.05, 4.69) is 5.32 Å². The van der Waals surface area contributed by atoms with Crippen molar-refractivity contribution in [3.05, 3.63) is 52.8 Å². The standard InChI is InChI=1S/C17H18F3N3O2/c1-10-4-5-12(15(24)21-9-17(18,19)20)8-14(10)22-16(25)13-6-7-23(3)11(13)2/h4-8H,9H2,1-3H3,(H,21,24)(H,22,25). The molecular weight excluding hydrogens is 335 g/mol. The number of rotatable bonds is 4. The van der Waals surface area contributed by atoms with Crippen molar-refractivity contribution in [1.82, 2.24) is 9.88 Å². The summed E-state index contributed by atoms with van der Waals surface area (Å²) in [4.78, 5) is 24.2. The van der Waals surface area contributed by atoms with Crippen molar-refractivity contribution in [3.63, 3.8) is 0 Å². The van der Waals surface area contributed by atoms with Crippen molar-refractivity contribution in [3.8, 4) is 0 Å². The van der Waals surface area contributed by atoms with Crippen LogP contribution in [0.15, 0.2) is 30.5 Å². The minimum atomic E-state index is -4.48. The van der Waals surface area contributed by atoms with E-state index < -0.39 is 18.6 Å². The summed E-state index contributed by atoms with van der Waals surface area (Å²) < 4.78 is 38.4. The maximum Gasteiger partial charge on any atom is 0.405 e. The molecule has 0 aliphatic carbocycles. The Labute approximate surface area is 142 Å². The Kier molecular flexibility index (Phi) is 5.20. The van der Waals surface area contributed by atoms with Crippen LogP contribution in [0.5, 0.6) is 0 Å². The second-order valence-corrected chi connectivity index (χ2v) is 5.71. The minimum Gasteiger partial charge on any atom is -0.354 e. The van der Waals surface area contributed by atoms with Crippen LogP contribution in [-0.4, -0.2) is 29.1 Å². The molecule has 0 atom stereocenters. The average molecular weight is 353 g/mol. The van der Waals surface area contributed by atoms with Gasteiger partial charge in [0.15, 0.2) is 0 Å². The van der Waals surface area contributed by atoms with Crippen molar-refractivity contribution < 1.29 is 22.8 Å². The summed E-state index contributed by atoms with van der Waals surface area (Å²) in [6, 6.07) is 6.00. The minimum absolute atomic E-state index is 0.0370. The van der Waals surface area contributed by atoms with Gasteiger partial charge in [-0.2, -0.15) is 13.2 Å². The van der Waals surface area contributed by atoms with Gasteiger partial charge in [-0.25, -0.2) is 0 Å². The highest BCUT2D eigenvalue weighted by molar-refractivity contribution is 6.06. The summed E-state index contributed by atoms with van der Waals surface area (Å²) in [5.41, 5.74) is 2.35. The van der Waals surface area contributed by atoms with E-state index in [0.717, 1.165) is 5.69 Å². The van der Waals surface area contributed by atoms with E-state index in [1.54, 1.807) is 42.1 Å². The SMILES string of the molecule is Cc1ccc(C(=O)NCC(F)(F)F)cc1NC(=O)c1ccn(C)c1C. The van der Waals surface area contributed by atoms with E-state index in [4.69, 9.17) is 0 Å². The van der Waals surface area contributed by atoms with Crippen LogP contribution >= 0.6 is 0 Å². The normalized spacial score (nSPS) is 11.3. The predicted molar refractivity (Wildman–Crippen MR) is 87.7 cm³/mol. The number of aryl methyl sites for hydroxylation is 2. The number of carbonyl (C=O) groups excluding carboxylic acids is 2. The van der Waals surface area contributed by atoms with E-state index in [-0.39, 0.29) is 11.5 Å². The smallest absolute Gasteiger partial charge is 0.354 e. The quantitative estimate of drug-likeness (QED) is 0.887. The molecule has 2 N–H and O–H groups in total. The van der Waals surface area contributed by atoms with Gasteiger partial charge in [0.25, 0.3) is 11.8 Å². The van der Waals surface area contributed by atoms with Gasteiger partial charge in [-0.1, -0.05) is 6.07 Å². The molecule has 5 nitrogen and oxygen atoms in total. The molecule has 0 aliphatic rings. The number of anilines is 1. The highest BCUT2D eigenvalue weighted by Crippen LogP contribution is 2.20. The van der Waals surface area contributed by atoms with Crippen LogP contribution in [0, 0.1) is 13.8 Å². The van der Waals surface area contributed by atoms with Crippen molar-refractivity contribution in [2.75, 3.05) is 11.9 Å². The molecule has 25 heavy (non-hydrogen) atoms. The van der Waals surface area contributed by atoms with Crippen LogP contribution in [0.4, 0.5) is 18.9 Å². The zero-order valence-electron chi connectivity index (χ0n) is 14.0. The zero-order valence-corrected chi connectivity index (χ0v) is 14.0. The first-order valence-electron chi connectivity index (χ1n) is 7.47. The Morgan fingerprint density at radius 3 is 2.36 bits per heavy atom. The largest absolute Gasteiger partial charge is 0.405 e. The molecule has 0 radical (unpaired) electrons. The Hall–Kier alpha value is -2.77. The fourth-order valence-electron chi connectivity index (χ4n) is 2.22. The van der Waals surface area contributed by atoms with Crippen LogP contribution < -0.4 is 10.6 Å². The van der Waals surface area contributed by atoms with Crippen LogP contribution in [0.25, 0.3) is 0 Å². The number of aromatic nitrogens is 1. The molecule has 8 heteroatoms. The van der Waals surface area contributed by atoms with Crippen molar-refractivity contribution in [2.24, 2.45) is 7.05 Å². The van der Waals surface area contributed by atoms with E-state index in [9.17, 15) is 22.8 Å². The fraction of sp³-hybridized carbons (Fsp3) is 0.294. The Bertz CT molecular complexity index is 810. The second kappa shape index (κ2) is 7.00. The molecule has 0 unspecified atom stereocenters. The Morgan fingerprint density at radius 1 is 1.12 bits per heavy atom. The molecule has 2 rings (SSSR count). The lowest BCUT2D eigenvalue weighted by Gasteiger charge is -2.12. The summed E-state index contributed by atoms with van der Waals surface area (Å²) in [6.07, 6.45) is -2.74. The van der Waals surface area contributed by atoms with Crippen LogP contribution in [-0.2, 0) is 7.05 Å². The van der Waals surface area contributed by atoms with Crippen LogP contribution in [0.2, 0.25) is 0 Å². The molecule has 0 fully saturated rings. The lowest BCUT2D eigenvalue weighted by molar-refractivity contribution is -0.123. The molecule has 0 bridgehead atoms. The predicted octanol–water partition coefficient (Wildman–Crippen LogP) is 3.19. The average Bonchev–Trinajstić information content (AvgIpc) is 2.86. The summed E-state index contributed by atoms with van der Waals surface area (Å²) in [6.45, 7) is 2.11. The number of nitrogens with one attached hydrogen (secondary N) is 2. The third-order valence-electron chi connectivity index (χ3n) is 3.83. The first-order valence-corrected chi connectivity index (χ1v) is 7.47. The number of halogens is 3. The van der Waals surface area contributed by atoms with E-state index >= 15 is 0 Å². The molecule has 1 aromatic heterocycles. The molecule has 2 amide bonds. The van der Waals surface area contributed by atoms with Gasteiger partial charge in [0.05, 0.1) is 5.56 Å². The molecule has 0 aliphatic heterocycles. The van der Waals surface area contributed by atoms with E-state index in [1.807, 2.05) is 7.05 Å². The van der Waals surface area contributed by atoms with Crippen molar-refractivity contribution in [1.29, 1.82) is 0 Å². The van der Waals surface area contributed by atoms with E-state index in [1.165, 1.54) is 12.1 Å². The van der Waals surface area contributed by atoms with Gasteiger partial charge in [0, 0.05) is 30.2 Å². The number of carbonyl (C=O) groups is 2. The summed E-state index contributed by atoms with van der Waals surface area (Å²) in [5, 5.41) is 4.50. The Balaban J connectivity index is 2.17. The van der Waals surface area contributed by atoms with E-state index in [0.29, 0.717) is 16.8 Å². The molecule has 1 aromatic carbocycles. The molecule has 0 saturated carbocycles. The topological polar surface area (TPSA) is 63.1 Å². The maximum atomic E-state index is 12.4. The number of nitrogens with zero attached hydrogens (tertiary/aromatic N) is 1. The Morgan fingerprint density at radius 2 is 1.80 bits per heavy atom. The van der Waals surface area contributed by atoms with Crippen molar-refractivity contribution >= 4 is 17.5 Å². The third kappa shape index (κ3) is 4.62. The number of hydrogen-bond acceptors (Lipinski definition) is 2. The van der Waals surface area contributed by atoms with Gasteiger partial charge >= 0.3 is 6.18 Å². The zero-order chi connectivity index (χ0) is 18.8. The summed E-state index contributed by atoms with van der Waals surface area (Å²) >= 11 is 0. The highest BCUT2D eigenvalue weighted by Gasteiger charge is 2.28. The highest BCUT2D eigenvalue weighted by atomic mass is 19.4. The summed E-state index contributed by atoms with van der Waals surface area (Å²) in [7, 11) is 1.81. The monoisotopic (exact) mass is 353 g/mol. The molecule has 0 spiro atoms. The van der Waals surface area contributed by atoms with Gasteiger partial charge in [0.1, 0.15) is 6.54 Å². The van der Waals surface area contributed by atoms with Gasteiger partial charge in [-0.3, -0.25) is 9.59 Å². The van der Waals surface area contributed by atoms with Gasteiger partial charge in [-0.05, 0) is 37.6 Å². The third-order valence-corrected chi connectivity index (χ3v) is 3.83. The van der Waals surface area contributed by atoms with Gasteiger partial charge < -0.3 is 15.2 Å². The molecule has 134 valence electrons. The first kappa shape index (κ1) is 18.6. The molecule has 0 saturated heterocycles. The lowest BCUT2D eigenvalue weighted by Crippen LogP contribution is -2.33. The maximum absolute atomic E-state index is 12.4. The second-order valence-electron chi connectivity index (χ2n) is 5.71. The number of alkyl halides is 3. The summed E-state index contributed by atoms with van der Waals surface area (Å²) in [5.74, 6) is -1.21. The van der Waals surface area contributed by atoms with Crippen LogP contribution in [0.3, 0.4) is 0 Å². The lowest BCUT2D eigenvalue weighted by atomic mass is 10.1. The molecule has 2 aromatic rings. The van der Waals surface area contributed by atoms with Crippen molar-refractivity contribution in [2.45, 2.75) is 20.0 Å². The molecule has 1 heterocycles. The first-order chi connectivity index (χ1) is 11.6. The number of amides is 2. The molecular formula is C17H18F3N3O2. The van der Waals surface area contributed by atoms with Gasteiger partial charge in [0.2, 0.25) is 0 Å². The number of hydrogen-bond donors (Lipinski definition) is 2.